The van der Waals surface area contributed by atoms with Crippen LogP contribution in [0.2, 0.25) is 0 Å². The maximum Gasteiger partial charge on any atom is 0.300 e. The summed E-state index contributed by atoms with van der Waals surface area (Å²) in [6, 6.07) is 0. The van der Waals surface area contributed by atoms with Crippen molar-refractivity contribution in [3.63, 3.8) is 0 Å². The number of aliphatic imine (C=N–C) groups is 1. The Hall–Kier alpha value is -0.280. The second-order valence-corrected chi connectivity index (χ2v) is 7.08. The van der Waals surface area contributed by atoms with E-state index in [1.54, 1.807) is 0 Å². The number of hydrogen-bond donors (Lipinski definition) is 0. The van der Waals surface area contributed by atoms with Gasteiger partial charge in [0.05, 0.1) is 19.6 Å². The highest BCUT2D eigenvalue weighted by Gasteiger charge is 2.35. The highest BCUT2D eigenvalue weighted by Crippen LogP contribution is 2.19. The van der Waals surface area contributed by atoms with Crippen LogP contribution in [-0.2, 0) is 0 Å². The molecule has 0 spiro atoms. The van der Waals surface area contributed by atoms with Crippen LogP contribution in [0, 0.1) is 0 Å². The van der Waals surface area contributed by atoms with Gasteiger partial charge in [-0.1, -0.05) is 53.4 Å². The highest BCUT2D eigenvalue weighted by atomic mass is 35.5. The average molecular weight is 376 g/mol. The molecule has 0 aromatic heterocycles. The Kier molecular flexibility index (Phi) is 18.5. The zero-order valence-corrected chi connectivity index (χ0v) is 18.9. The van der Waals surface area contributed by atoms with Gasteiger partial charge in [0.2, 0.25) is 0 Å². The molecule has 0 atom stereocenters. The molecule has 4 heteroatoms. The zero-order chi connectivity index (χ0) is 18.3. The van der Waals surface area contributed by atoms with Crippen LogP contribution in [0.25, 0.3) is 0 Å². The largest absolute Gasteiger partial charge is 1.00 e. The summed E-state index contributed by atoms with van der Waals surface area (Å²) >= 11 is 0. The first-order valence-electron chi connectivity index (χ1n) is 10.8. The Morgan fingerprint density at radius 3 is 1.40 bits per heavy atom. The van der Waals surface area contributed by atoms with Crippen molar-refractivity contribution in [3.8, 4) is 0 Å². The summed E-state index contributed by atoms with van der Waals surface area (Å²) in [5, 5.41) is 0. The molecule has 0 aromatic carbocycles. The minimum atomic E-state index is 0. The maximum absolute atomic E-state index is 5.20. The van der Waals surface area contributed by atoms with Gasteiger partial charge in [-0.2, -0.15) is 0 Å². The predicted molar refractivity (Wildman–Crippen MR) is 110 cm³/mol. The molecular formula is C21H46ClN3. The fourth-order valence-electron chi connectivity index (χ4n) is 3.41. The van der Waals surface area contributed by atoms with Gasteiger partial charge < -0.3 is 17.3 Å². The minimum Gasteiger partial charge on any atom is -1.00 e. The molecule has 0 amide bonds. The Morgan fingerprint density at radius 2 is 1.08 bits per heavy atom. The number of halogens is 1. The third-order valence-corrected chi connectivity index (χ3v) is 5.05. The topological polar surface area (TPSA) is 15.6 Å². The minimum absolute atomic E-state index is 0. The van der Waals surface area contributed by atoms with Crippen molar-refractivity contribution in [2.75, 3.05) is 39.3 Å². The first-order valence-corrected chi connectivity index (χ1v) is 10.8. The second-order valence-electron chi connectivity index (χ2n) is 7.08. The summed E-state index contributed by atoms with van der Waals surface area (Å²) in [6.45, 7) is 20.7. The lowest BCUT2D eigenvalue weighted by Crippen LogP contribution is -3.00. The molecule has 0 bridgehead atoms. The van der Waals surface area contributed by atoms with E-state index in [1.165, 1.54) is 77.0 Å². The van der Waals surface area contributed by atoms with E-state index in [1.807, 2.05) is 0 Å². The number of unbranched alkanes of at least 4 members (excludes halogenated alkanes) is 4. The van der Waals surface area contributed by atoms with Gasteiger partial charge >= 0.3 is 0 Å². The van der Waals surface area contributed by atoms with Crippen molar-refractivity contribution in [2.24, 2.45) is 4.99 Å². The first kappa shape index (κ1) is 26.9. The fourth-order valence-corrected chi connectivity index (χ4v) is 3.41. The maximum atomic E-state index is 5.20. The van der Waals surface area contributed by atoms with E-state index in [0.717, 1.165) is 24.1 Å². The highest BCUT2D eigenvalue weighted by molar-refractivity contribution is 5.73. The molecule has 25 heavy (non-hydrogen) atoms. The van der Waals surface area contributed by atoms with E-state index < -0.39 is 0 Å². The molecule has 0 fully saturated rings. The standard InChI is InChI=1S/C21H46N3.ClH/c1-7-13-17-22-21(23(11-5)12-6)24(18-14-8-2,19-15-9-3)20-16-10-4;/h7-20H2,1-6H3;1H/q+1;/p-1. The first-order chi connectivity index (χ1) is 11.7. The van der Waals surface area contributed by atoms with Gasteiger partial charge in [-0.15, -0.1) is 0 Å². The van der Waals surface area contributed by atoms with E-state index >= 15 is 0 Å². The Balaban J connectivity index is 0. The summed E-state index contributed by atoms with van der Waals surface area (Å²) in [5.74, 6) is 1.39. The molecule has 0 aliphatic heterocycles. The van der Waals surface area contributed by atoms with Gasteiger partial charge in [0, 0.05) is 19.6 Å². The molecular weight excluding hydrogens is 330 g/mol. The van der Waals surface area contributed by atoms with Crippen LogP contribution in [0.3, 0.4) is 0 Å². The van der Waals surface area contributed by atoms with Crippen molar-refractivity contribution in [3.05, 3.63) is 0 Å². The van der Waals surface area contributed by atoms with E-state index in [9.17, 15) is 0 Å². The molecule has 0 unspecified atom stereocenters. The second kappa shape index (κ2) is 17.1. The summed E-state index contributed by atoms with van der Waals surface area (Å²) in [7, 11) is 0. The monoisotopic (exact) mass is 375 g/mol. The molecule has 0 aromatic rings. The van der Waals surface area contributed by atoms with Gasteiger partial charge in [-0.3, -0.25) is 4.48 Å². The van der Waals surface area contributed by atoms with E-state index in [4.69, 9.17) is 4.99 Å². The summed E-state index contributed by atoms with van der Waals surface area (Å²) < 4.78 is 1.13. The van der Waals surface area contributed by atoms with Gasteiger partial charge in [0.15, 0.2) is 0 Å². The molecule has 0 aliphatic carbocycles. The zero-order valence-electron chi connectivity index (χ0n) is 18.1. The van der Waals surface area contributed by atoms with Crippen LogP contribution in [0.15, 0.2) is 4.99 Å². The van der Waals surface area contributed by atoms with Crippen LogP contribution in [0.1, 0.15) is 92.9 Å². The summed E-state index contributed by atoms with van der Waals surface area (Å²) in [5.41, 5.74) is 0. The third-order valence-electron chi connectivity index (χ3n) is 5.05. The molecule has 0 heterocycles. The molecule has 152 valence electrons. The number of guanidine groups is 1. The lowest BCUT2D eigenvalue weighted by atomic mass is 10.1. The molecule has 0 saturated heterocycles. The number of quaternary nitrogens is 1. The number of hydrogen-bond acceptors (Lipinski definition) is 1. The molecule has 0 aliphatic rings. The Bertz CT molecular complexity index is 292. The smallest absolute Gasteiger partial charge is 0.300 e. The Morgan fingerprint density at radius 1 is 0.680 bits per heavy atom. The number of nitrogens with zero attached hydrogens (tertiary/aromatic N) is 3. The molecule has 0 N–H and O–H groups in total. The van der Waals surface area contributed by atoms with Crippen LogP contribution in [0.5, 0.6) is 0 Å². The number of rotatable bonds is 14. The lowest BCUT2D eigenvalue weighted by molar-refractivity contribution is -0.848. The van der Waals surface area contributed by atoms with Crippen molar-refractivity contribution in [1.29, 1.82) is 0 Å². The van der Waals surface area contributed by atoms with Crippen molar-refractivity contribution in [1.82, 2.24) is 4.90 Å². The van der Waals surface area contributed by atoms with Crippen LogP contribution >= 0.6 is 0 Å². The SMILES string of the molecule is CCCCN=C(N(CC)CC)[N+](CCCC)(CCCC)CCCC.[Cl-]. The van der Waals surface area contributed by atoms with Crippen LogP contribution in [-0.4, -0.2) is 54.6 Å². The van der Waals surface area contributed by atoms with Crippen LogP contribution in [0.4, 0.5) is 0 Å². The van der Waals surface area contributed by atoms with Crippen molar-refractivity contribution in [2.45, 2.75) is 92.9 Å². The van der Waals surface area contributed by atoms with E-state index in [-0.39, 0.29) is 12.4 Å². The third kappa shape index (κ3) is 9.84. The van der Waals surface area contributed by atoms with Crippen LogP contribution < -0.4 is 12.4 Å². The fraction of sp³-hybridized carbons (Fsp3) is 0.952. The normalized spacial score (nSPS) is 12.2. The van der Waals surface area contributed by atoms with Gasteiger partial charge in [-0.05, 0) is 39.5 Å². The summed E-state index contributed by atoms with van der Waals surface area (Å²) in [4.78, 5) is 7.74. The predicted octanol–water partition coefficient (Wildman–Crippen LogP) is 2.71. The Labute approximate surface area is 165 Å². The molecule has 3 nitrogen and oxygen atoms in total. The van der Waals surface area contributed by atoms with E-state index in [2.05, 4.69) is 46.4 Å². The van der Waals surface area contributed by atoms with Gasteiger partial charge in [0.25, 0.3) is 5.96 Å². The summed E-state index contributed by atoms with van der Waals surface area (Å²) in [6.07, 6.45) is 10.2. The van der Waals surface area contributed by atoms with E-state index in [0.29, 0.717) is 0 Å². The van der Waals surface area contributed by atoms with Crippen molar-refractivity contribution < 1.29 is 16.9 Å². The quantitative estimate of drug-likeness (QED) is 0.197. The molecule has 0 radical (unpaired) electrons. The lowest BCUT2D eigenvalue weighted by Gasteiger charge is -2.42. The average Bonchev–Trinajstić information content (AvgIpc) is 2.61. The molecule has 0 rings (SSSR count). The van der Waals surface area contributed by atoms with Gasteiger partial charge in [-0.25, -0.2) is 4.99 Å². The van der Waals surface area contributed by atoms with Gasteiger partial charge in [0.1, 0.15) is 0 Å². The van der Waals surface area contributed by atoms with Crippen molar-refractivity contribution >= 4 is 5.96 Å². The molecule has 0 saturated carbocycles.